The minimum absolute atomic E-state index is 0.181. The molecule has 1 heterocycles. The van der Waals surface area contributed by atoms with Crippen LogP contribution in [0.3, 0.4) is 0 Å². The molecule has 0 aromatic heterocycles. The summed E-state index contributed by atoms with van der Waals surface area (Å²) in [4.78, 5) is 1.29. The number of hydrogen-bond donors (Lipinski definition) is 1. The molecule has 0 aliphatic carbocycles. The number of halogens is 1. The van der Waals surface area contributed by atoms with E-state index in [1.54, 1.807) is 0 Å². The van der Waals surface area contributed by atoms with E-state index >= 15 is 0 Å². The fourth-order valence-corrected chi connectivity index (χ4v) is 2.71. The zero-order valence-corrected chi connectivity index (χ0v) is 8.16. The molecular formula is C9H10ClNS. The molecule has 0 saturated heterocycles. The van der Waals surface area contributed by atoms with Crippen LogP contribution in [0.1, 0.15) is 18.0 Å². The molecule has 1 aromatic rings. The van der Waals surface area contributed by atoms with Crippen LogP contribution in [0.25, 0.3) is 0 Å². The molecule has 2 N–H and O–H groups in total. The first-order valence-corrected chi connectivity index (χ1v) is 5.31. The monoisotopic (exact) mass is 199 g/mol. The average Bonchev–Trinajstić information content (AvgIpc) is 2.07. The van der Waals surface area contributed by atoms with Gasteiger partial charge < -0.3 is 5.73 Å². The van der Waals surface area contributed by atoms with E-state index in [1.165, 1.54) is 10.5 Å². The summed E-state index contributed by atoms with van der Waals surface area (Å²) >= 11 is 7.74. The lowest BCUT2D eigenvalue weighted by molar-refractivity contribution is 0.680. The normalized spacial score (nSPS) is 22.0. The Morgan fingerprint density at radius 1 is 1.50 bits per heavy atom. The molecule has 0 fully saturated rings. The van der Waals surface area contributed by atoms with Crippen LogP contribution < -0.4 is 5.73 Å². The lowest BCUT2D eigenvalue weighted by Gasteiger charge is -2.21. The maximum Gasteiger partial charge on any atom is 0.0410 e. The molecular weight excluding hydrogens is 190 g/mol. The second-order valence-electron chi connectivity index (χ2n) is 2.93. The largest absolute Gasteiger partial charge is 0.324 e. The fraction of sp³-hybridized carbons (Fsp3) is 0.333. The molecule has 1 atom stereocenters. The van der Waals surface area contributed by atoms with Crippen molar-refractivity contribution in [3.05, 3.63) is 28.8 Å². The molecule has 1 aliphatic heterocycles. The molecule has 0 spiro atoms. The highest BCUT2D eigenvalue weighted by molar-refractivity contribution is 7.99. The topological polar surface area (TPSA) is 26.0 Å². The van der Waals surface area contributed by atoms with Crippen molar-refractivity contribution >= 4 is 23.4 Å². The molecule has 0 bridgehead atoms. The van der Waals surface area contributed by atoms with Gasteiger partial charge in [0, 0.05) is 16.0 Å². The molecule has 0 saturated carbocycles. The second-order valence-corrected chi connectivity index (χ2v) is 4.50. The van der Waals surface area contributed by atoms with Crippen molar-refractivity contribution < 1.29 is 0 Å². The molecule has 0 amide bonds. The van der Waals surface area contributed by atoms with E-state index in [-0.39, 0.29) is 6.04 Å². The third-order valence-corrected chi connectivity index (χ3v) is 3.42. The molecule has 1 aliphatic rings. The first kappa shape index (κ1) is 8.42. The lowest BCUT2D eigenvalue weighted by atomic mass is 10.1. The first-order valence-electron chi connectivity index (χ1n) is 3.95. The Hall–Kier alpha value is -0.180. The van der Waals surface area contributed by atoms with Crippen molar-refractivity contribution in [1.82, 2.24) is 0 Å². The molecule has 0 unspecified atom stereocenters. The minimum Gasteiger partial charge on any atom is -0.324 e. The fourth-order valence-electron chi connectivity index (χ4n) is 1.39. The molecule has 3 heteroatoms. The van der Waals surface area contributed by atoms with Gasteiger partial charge in [0.05, 0.1) is 0 Å². The molecule has 64 valence electrons. The molecule has 0 radical (unpaired) electrons. The van der Waals surface area contributed by atoms with Crippen LogP contribution in [-0.2, 0) is 0 Å². The number of fused-ring (bicyclic) bond motifs is 1. The Morgan fingerprint density at radius 3 is 3.17 bits per heavy atom. The summed E-state index contributed by atoms with van der Waals surface area (Å²) in [5.74, 6) is 1.12. The second kappa shape index (κ2) is 3.29. The van der Waals surface area contributed by atoms with Crippen LogP contribution in [0.2, 0.25) is 5.02 Å². The van der Waals surface area contributed by atoms with Gasteiger partial charge in [0.1, 0.15) is 0 Å². The molecule has 2 rings (SSSR count). The van der Waals surface area contributed by atoms with Crippen LogP contribution in [0.5, 0.6) is 0 Å². The van der Waals surface area contributed by atoms with Gasteiger partial charge in [-0.1, -0.05) is 11.6 Å². The maximum absolute atomic E-state index is 5.94. The summed E-state index contributed by atoms with van der Waals surface area (Å²) in [6, 6.07) is 6.14. The van der Waals surface area contributed by atoms with Crippen LogP contribution in [0.15, 0.2) is 23.1 Å². The van der Waals surface area contributed by atoms with Crippen molar-refractivity contribution in [3.8, 4) is 0 Å². The van der Waals surface area contributed by atoms with Gasteiger partial charge in [0.15, 0.2) is 0 Å². The summed E-state index contributed by atoms with van der Waals surface area (Å²) in [6.45, 7) is 0. The predicted octanol–water partition coefficient (Wildman–Crippen LogP) is 2.84. The number of nitrogens with two attached hydrogens (primary N) is 1. The van der Waals surface area contributed by atoms with Gasteiger partial charge in [-0.25, -0.2) is 0 Å². The predicted molar refractivity (Wildman–Crippen MR) is 53.7 cm³/mol. The zero-order valence-electron chi connectivity index (χ0n) is 6.59. The molecule has 12 heavy (non-hydrogen) atoms. The van der Waals surface area contributed by atoms with Gasteiger partial charge >= 0.3 is 0 Å². The van der Waals surface area contributed by atoms with Gasteiger partial charge in [-0.05, 0) is 35.9 Å². The van der Waals surface area contributed by atoms with Gasteiger partial charge in [-0.3, -0.25) is 0 Å². The van der Waals surface area contributed by atoms with Crippen LogP contribution in [-0.4, -0.2) is 5.75 Å². The van der Waals surface area contributed by atoms with E-state index in [0.717, 1.165) is 17.2 Å². The highest BCUT2D eigenvalue weighted by Crippen LogP contribution is 2.35. The average molecular weight is 200 g/mol. The summed E-state index contributed by atoms with van der Waals surface area (Å²) in [5, 5.41) is 0.784. The Balaban J connectivity index is 2.47. The van der Waals surface area contributed by atoms with Gasteiger partial charge in [0.25, 0.3) is 0 Å². The quantitative estimate of drug-likeness (QED) is 0.696. The highest BCUT2D eigenvalue weighted by atomic mass is 35.5. The number of benzene rings is 1. The minimum atomic E-state index is 0.181. The number of thioether (sulfide) groups is 1. The summed E-state index contributed by atoms with van der Waals surface area (Å²) in [5.41, 5.74) is 7.15. The SMILES string of the molecule is N[C@@H]1CCSc2ccc(Cl)cc21. The standard InChI is InChI=1S/C9H10ClNS/c10-6-1-2-9-7(5-6)8(11)3-4-12-9/h1-2,5,8H,3-4,11H2/t8-/m1/s1. The van der Waals surface area contributed by atoms with E-state index < -0.39 is 0 Å². The summed E-state index contributed by atoms with van der Waals surface area (Å²) < 4.78 is 0. The third kappa shape index (κ3) is 1.47. The smallest absolute Gasteiger partial charge is 0.0410 e. The van der Waals surface area contributed by atoms with Crippen LogP contribution >= 0.6 is 23.4 Å². The summed E-state index contributed by atoms with van der Waals surface area (Å²) in [7, 11) is 0. The highest BCUT2D eigenvalue weighted by Gasteiger charge is 2.16. The van der Waals surface area contributed by atoms with Crippen LogP contribution in [0.4, 0.5) is 0 Å². The Kier molecular flexibility index (Phi) is 2.31. The summed E-state index contributed by atoms with van der Waals surface area (Å²) in [6.07, 6.45) is 1.05. The van der Waals surface area contributed by atoms with Crippen molar-refractivity contribution in [2.75, 3.05) is 5.75 Å². The van der Waals surface area contributed by atoms with E-state index in [9.17, 15) is 0 Å². The third-order valence-electron chi connectivity index (χ3n) is 2.06. The number of rotatable bonds is 0. The van der Waals surface area contributed by atoms with Crippen LogP contribution in [0, 0.1) is 0 Å². The van der Waals surface area contributed by atoms with E-state index in [0.29, 0.717) is 0 Å². The maximum atomic E-state index is 5.94. The first-order chi connectivity index (χ1) is 5.77. The van der Waals surface area contributed by atoms with Gasteiger partial charge in [0.2, 0.25) is 0 Å². The van der Waals surface area contributed by atoms with Crippen molar-refractivity contribution in [2.45, 2.75) is 17.4 Å². The van der Waals surface area contributed by atoms with Gasteiger partial charge in [-0.15, -0.1) is 11.8 Å². The molecule has 1 aromatic carbocycles. The Labute approximate surface area is 81.3 Å². The van der Waals surface area contributed by atoms with Crippen molar-refractivity contribution in [3.63, 3.8) is 0 Å². The molecule has 1 nitrogen and oxygen atoms in total. The lowest BCUT2D eigenvalue weighted by Crippen LogP contribution is -2.15. The van der Waals surface area contributed by atoms with E-state index in [2.05, 4.69) is 6.07 Å². The van der Waals surface area contributed by atoms with Gasteiger partial charge in [-0.2, -0.15) is 0 Å². The van der Waals surface area contributed by atoms with E-state index in [1.807, 2.05) is 23.9 Å². The Bertz CT molecular complexity index is 301. The van der Waals surface area contributed by atoms with Crippen molar-refractivity contribution in [1.29, 1.82) is 0 Å². The number of hydrogen-bond acceptors (Lipinski definition) is 2. The Morgan fingerprint density at radius 2 is 2.33 bits per heavy atom. The van der Waals surface area contributed by atoms with Crippen molar-refractivity contribution in [2.24, 2.45) is 5.73 Å². The van der Waals surface area contributed by atoms with E-state index in [4.69, 9.17) is 17.3 Å². The zero-order chi connectivity index (χ0) is 8.55.